The molecule has 1 amide bonds. The summed E-state index contributed by atoms with van der Waals surface area (Å²) in [5.41, 5.74) is 0. The summed E-state index contributed by atoms with van der Waals surface area (Å²) in [5.74, 6) is 1.76. The monoisotopic (exact) mass is 262 g/mol. The van der Waals surface area contributed by atoms with E-state index in [0.29, 0.717) is 12.5 Å². The molecule has 0 aromatic carbocycles. The van der Waals surface area contributed by atoms with Gasteiger partial charge >= 0.3 is 5.97 Å². The Bertz CT molecular complexity index is 456. The Morgan fingerprint density at radius 3 is 2.79 bits per heavy atom. The number of nitrogens with zero attached hydrogens (tertiary/aromatic N) is 2. The molecule has 1 rings (SSSR count). The SMILES string of the molecule is C#CCNC(=O)COC(=O)CCNc1ncccn1. The molecule has 0 aliphatic carbocycles. The van der Waals surface area contributed by atoms with Crippen LogP contribution >= 0.6 is 0 Å². The molecule has 0 atom stereocenters. The Balaban J connectivity index is 2.12. The van der Waals surface area contributed by atoms with E-state index >= 15 is 0 Å². The van der Waals surface area contributed by atoms with Gasteiger partial charge in [0, 0.05) is 18.9 Å². The van der Waals surface area contributed by atoms with E-state index in [9.17, 15) is 9.59 Å². The van der Waals surface area contributed by atoms with Gasteiger partial charge in [-0.25, -0.2) is 9.97 Å². The smallest absolute Gasteiger partial charge is 0.308 e. The van der Waals surface area contributed by atoms with Gasteiger partial charge in [-0.3, -0.25) is 9.59 Å². The number of hydrogen-bond donors (Lipinski definition) is 2. The minimum Gasteiger partial charge on any atom is -0.456 e. The number of carbonyl (C=O) groups is 2. The molecule has 1 aromatic heterocycles. The zero-order chi connectivity index (χ0) is 13.9. The highest BCUT2D eigenvalue weighted by Crippen LogP contribution is 1.94. The second-order valence-corrected chi connectivity index (χ2v) is 3.39. The predicted molar refractivity (Wildman–Crippen MR) is 67.9 cm³/mol. The average molecular weight is 262 g/mol. The van der Waals surface area contributed by atoms with E-state index in [4.69, 9.17) is 11.2 Å². The summed E-state index contributed by atoms with van der Waals surface area (Å²) in [6.45, 7) is 0.112. The molecular formula is C12H14N4O3. The molecule has 0 aliphatic rings. The lowest BCUT2D eigenvalue weighted by molar-refractivity contribution is -0.148. The molecule has 0 aliphatic heterocycles. The third-order valence-electron chi connectivity index (χ3n) is 1.93. The molecule has 0 unspecified atom stereocenters. The maximum atomic E-state index is 11.3. The summed E-state index contributed by atoms with van der Waals surface area (Å²) in [7, 11) is 0. The van der Waals surface area contributed by atoms with Crippen LogP contribution in [0.5, 0.6) is 0 Å². The number of rotatable bonds is 7. The summed E-state index contributed by atoms with van der Waals surface area (Å²) in [4.78, 5) is 30.2. The van der Waals surface area contributed by atoms with Crippen molar-refractivity contribution in [2.75, 3.05) is 25.0 Å². The van der Waals surface area contributed by atoms with Gasteiger partial charge in [0.25, 0.3) is 5.91 Å². The summed E-state index contributed by atoms with van der Waals surface area (Å²) in [6, 6.07) is 1.69. The second-order valence-electron chi connectivity index (χ2n) is 3.39. The fourth-order valence-electron chi connectivity index (χ4n) is 1.09. The number of carbonyl (C=O) groups excluding carboxylic acids is 2. The number of aromatic nitrogens is 2. The summed E-state index contributed by atoms with van der Waals surface area (Å²) >= 11 is 0. The first-order valence-corrected chi connectivity index (χ1v) is 5.59. The Hall–Kier alpha value is -2.62. The van der Waals surface area contributed by atoms with Gasteiger partial charge in [-0.05, 0) is 6.07 Å². The van der Waals surface area contributed by atoms with E-state index in [-0.39, 0.29) is 19.6 Å². The van der Waals surface area contributed by atoms with E-state index in [1.165, 1.54) is 0 Å². The summed E-state index contributed by atoms with van der Waals surface area (Å²) in [5, 5.41) is 5.23. The second kappa shape index (κ2) is 8.47. The van der Waals surface area contributed by atoms with Crippen LogP contribution in [0, 0.1) is 12.3 Å². The number of amides is 1. The normalized spacial score (nSPS) is 9.21. The number of ether oxygens (including phenoxy) is 1. The van der Waals surface area contributed by atoms with Gasteiger partial charge in [-0.15, -0.1) is 6.42 Å². The van der Waals surface area contributed by atoms with Gasteiger partial charge < -0.3 is 15.4 Å². The number of esters is 1. The standard InChI is InChI=1S/C12H14N4O3/c1-2-5-13-10(17)9-19-11(18)4-8-16-12-14-6-3-7-15-12/h1,3,6-7H,4-5,8-9H2,(H,13,17)(H,14,15,16). The Kier molecular flexibility index (Phi) is 6.44. The molecule has 0 saturated heterocycles. The van der Waals surface area contributed by atoms with Crippen molar-refractivity contribution >= 4 is 17.8 Å². The van der Waals surface area contributed by atoms with Crippen molar-refractivity contribution in [1.82, 2.24) is 15.3 Å². The molecule has 0 radical (unpaired) electrons. The number of terminal acetylenes is 1. The fourth-order valence-corrected chi connectivity index (χ4v) is 1.09. The molecule has 0 fully saturated rings. The van der Waals surface area contributed by atoms with Crippen LogP contribution in [-0.2, 0) is 14.3 Å². The lowest BCUT2D eigenvalue weighted by Crippen LogP contribution is -2.29. The topological polar surface area (TPSA) is 93.2 Å². The number of nitrogens with one attached hydrogen (secondary N) is 2. The molecule has 0 saturated carbocycles. The van der Waals surface area contributed by atoms with Crippen molar-refractivity contribution in [2.45, 2.75) is 6.42 Å². The molecule has 1 heterocycles. The maximum Gasteiger partial charge on any atom is 0.308 e. The van der Waals surface area contributed by atoms with Crippen LogP contribution in [0.25, 0.3) is 0 Å². The van der Waals surface area contributed by atoms with Crippen molar-refractivity contribution in [1.29, 1.82) is 0 Å². The third kappa shape index (κ3) is 6.63. The molecule has 7 nitrogen and oxygen atoms in total. The Morgan fingerprint density at radius 2 is 2.11 bits per heavy atom. The van der Waals surface area contributed by atoms with E-state index in [1.807, 2.05) is 0 Å². The first-order valence-electron chi connectivity index (χ1n) is 5.59. The largest absolute Gasteiger partial charge is 0.456 e. The van der Waals surface area contributed by atoms with E-state index in [1.54, 1.807) is 18.5 Å². The van der Waals surface area contributed by atoms with Crippen molar-refractivity contribution in [2.24, 2.45) is 0 Å². The minimum atomic E-state index is -0.487. The van der Waals surface area contributed by atoms with E-state index in [2.05, 4.69) is 26.5 Å². The minimum absolute atomic E-state index is 0.112. The van der Waals surface area contributed by atoms with Crippen LogP contribution in [0.4, 0.5) is 5.95 Å². The zero-order valence-corrected chi connectivity index (χ0v) is 10.3. The molecule has 7 heteroatoms. The van der Waals surface area contributed by atoms with Crippen LogP contribution in [-0.4, -0.2) is 41.5 Å². The van der Waals surface area contributed by atoms with Crippen LogP contribution in [0.1, 0.15) is 6.42 Å². The van der Waals surface area contributed by atoms with Crippen LogP contribution in [0.3, 0.4) is 0 Å². The Morgan fingerprint density at radius 1 is 1.37 bits per heavy atom. The quantitative estimate of drug-likeness (QED) is 0.511. The molecular weight excluding hydrogens is 248 g/mol. The van der Waals surface area contributed by atoms with E-state index in [0.717, 1.165) is 0 Å². The van der Waals surface area contributed by atoms with Crippen molar-refractivity contribution in [3.63, 3.8) is 0 Å². The summed E-state index contributed by atoms with van der Waals surface area (Å²) < 4.78 is 4.74. The van der Waals surface area contributed by atoms with Crippen molar-refractivity contribution < 1.29 is 14.3 Å². The highest BCUT2D eigenvalue weighted by atomic mass is 16.5. The highest BCUT2D eigenvalue weighted by molar-refractivity contribution is 5.80. The van der Waals surface area contributed by atoms with Crippen LogP contribution < -0.4 is 10.6 Å². The van der Waals surface area contributed by atoms with Crippen LogP contribution in [0.2, 0.25) is 0 Å². The Labute approximate surface area is 110 Å². The van der Waals surface area contributed by atoms with Gasteiger partial charge in [-0.1, -0.05) is 5.92 Å². The van der Waals surface area contributed by atoms with Gasteiger partial charge in [0.2, 0.25) is 5.95 Å². The van der Waals surface area contributed by atoms with E-state index < -0.39 is 11.9 Å². The van der Waals surface area contributed by atoms with Crippen LogP contribution in [0.15, 0.2) is 18.5 Å². The fraction of sp³-hybridized carbons (Fsp3) is 0.333. The maximum absolute atomic E-state index is 11.3. The van der Waals surface area contributed by atoms with Crippen molar-refractivity contribution in [3.8, 4) is 12.3 Å². The predicted octanol–water partition coefficient (Wildman–Crippen LogP) is -0.429. The first kappa shape index (κ1) is 14.4. The first-order chi connectivity index (χ1) is 9.22. The number of hydrogen-bond acceptors (Lipinski definition) is 6. The lowest BCUT2D eigenvalue weighted by Gasteiger charge is -2.05. The number of anilines is 1. The molecule has 100 valence electrons. The molecule has 0 spiro atoms. The zero-order valence-electron chi connectivity index (χ0n) is 10.3. The highest BCUT2D eigenvalue weighted by Gasteiger charge is 2.06. The van der Waals surface area contributed by atoms with Gasteiger partial charge in [0.05, 0.1) is 13.0 Å². The lowest BCUT2D eigenvalue weighted by atomic mass is 10.4. The molecule has 19 heavy (non-hydrogen) atoms. The molecule has 0 bridgehead atoms. The average Bonchev–Trinajstić information content (AvgIpc) is 2.44. The molecule has 1 aromatic rings. The van der Waals surface area contributed by atoms with Gasteiger partial charge in [0.15, 0.2) is 6.61 Å². The third-order valence-corrected chi connectivity index (χ3v) is 1.93. The van der Waals surface area contributed by atoms with Gasteiger partial charge in [-0.2, -0.15) is 0 Å². The summed E-state index contributed by atoms with van der Waals surface area (Å²) in [6.07, 6.45) is 8.25. The molecule has 2 N–H and O–H groups in total. The van der Waals surface area contributed by atoms with Gasteiger partial charge in [0.1, 0.15) is 0 Å². The van der Waals surface area contributed by atoms with Crippen molar-refractivity contribution in [3.05, 3.63) is 18.5 Å².